The molecule has 0 spiro atoms. The predicted octanol–water partition coefficient (Wildman–Crippen LogP) is 5.28. The molecule has 2 aromatic rings. The van der Waals surface area contributed by atoms with Crippen LogP contribution in [0.4, 0.5) is 0 Å². The van der Waals surface area contributed by atoms with Crippen molar-refractivity contribution in [1.82, 2.24) is 5.32 Å². The van der Waals surface area contributed by atoms with Crippen LogP contribution in [0.1, 0.15) is 50.2 Å². The molecule has 160 valence electrons. The van der Waals surface area contributed by atoms with Gasteiger partial charge in [-0.05, 0) is 60.7 Å². The Labute approximate surface area is 174 Å². The van der Waals surface area contributed by atoms with Gasteiger partial charge in [-0.1, -0.05) is 56.5 Å². The van der Waals surface area contributed by atoms with E-state index >= 15 is 0 Å². The van der Waals surface area contributed by atoms with E-state index in [1.54, 1.807) is 0 Å². The molecule has 2 rings (SSSR count). The van der Waals surface area contributed by atoms with Gasteiger partial charge in [0, 0.05) is 6.54 Å². The van der Waals surface area contributed by atoms with Crippen molar-refractivity contribution in [3.63, 3.8) is 0 Å². The summed E-state index contributed by atoms with van der Waals surface area (Å²) >= 11 is 0. The maximum atomic E-state index is 10.8. The summed E-state index contributed by atoms with van der Waals surface area (Å²) in [7, 11) is -3.89. The highest BCUT2D eigenvalue weighted by molar-refractivity contribution is 7.51. The van der Waals surface area contributed by atoms with Crippen molar-refractivity contribution >= 4 is 7.60 Å². The molecule has 0 aliphatic rings. The topological polar surface area (TPSA) is 78.8 Å². The minimum absolute atomic E-state index is 0.0727. The van der Waals surface area contributed by atoms with E-state index < -0.39 is 7.60 Å². The molecule has 0 radical (unpaired) electrons. The Bertz CT molecular complexity index is 786. The van der Waals surface area contributed by atoms with Gasteiger partial charge in [0.2, 0.25) is 0 Å². The number of rotatable bonds is 13. The number of aryl methyl sites for hydroxylation is 1. The maximum absolute atomic E-state index is 10.8. The zero-order valence-electron chi connectivity index (χ0n) is 17.6. The molecule has 0 bridgehead atoms. The second kappa shape index (κ2) is 12.1. The summed E-state index contributed by atoms with van der Waals surface area (Å²) in [5, 5.41) is 3.22. The van der Waals surface area contributed by atoms with E-state index in [0.717, 1.165) is 35.5 Å². The first-order valence-electron chi connectivity index (χ1n) is 10.5. The molecule has 0 fully saturated rings. The Morgan fingerprint density at radius 3 is 2.34 bits per heavy atom. The summed E-state index contributed by atoms with van der Waals surface area (Å²) in [5.41, 5.74) is 4.62. The quantitative estimate of drug-likeness (QED) is 0.304. The van der Waals surface area contributed by atoms with Gasteiger partial charge in [0.15, 0.2) is 0 Å². The molecule has 6 heteroatoms. The lowest BCUT2D eigenvalue weighted by Gasteiger charge is -2.11. The van der Waals surface area contributed by atoms with Gasteiger partial charge in [-0.3, -0.25) is 4.57 Å². The smallest absolute Gasteiger partial charge is 0.325 e. The lowest BCUT2D eigenvalue weighted by atomic mass is 10.0. The minimum atomic E-state index is -3.89. The Kier molecular flexibility index (Phi) is 9.89. The lowest BCUT2D eigenvalue weighted by molar-refractivity contribution is 0.303. The highest BCUT2D eigenvalue weighted by Gasteiger charge is 2.11. The normalized spacial score (nSPS) is 11.6. The molecule has 0 aromatic heterocycles. The van der Waals surface area contributed by atoms with E-state index in [2.05, 4.69) is 61.6 Å². The molecule has 0 heterocycles. The number of hydrogen-bond acceptors (Lipinski definition) is 3. The number of benzene rings is 2. The first-order chi connectivity index (χ1) is 13.9. The molecule has 0 amide bonds. The van der Waals surface area contributed by atoms with Crippen LogP contribution in [-0.4, -0.2) is 29.1 Å². The summed E-state index contributed by atoms with van der Waals surface area (Å²) < 4.78 is 16.8. The van der Waals surface area contributed by atoms with Crippen LogP contribution < -0.4 is 10.1 Å². The van der Waals surface area contributed by atoms with E-state index in [-0.39, 0.29) is 6.16 Å². The molecule has 0 saturated heterocycles. The standard InChI is InChI=1S/C23H34NO4P/c1-3-4-5-6-15-28-23-13-12-22(17-19(23)2)21-10-8-20(9-11-21)18-24-14-7-16-29(25,26)27/h8-13,17,24H,3-7,14-16,18H2,1-2H3,(H2,25,26,27). The molecular weight excluding hydrogens is 385 g/mol. The largest absolute Gasteiger partial charge is 0.493 e. The van der Waals surface area contributed by atoms with E-state index in [9.17, 15) is 4.57 Å². The van der Waals surface area contributed by atoms with Gasteiger partial charge in [-0.2, -0.15) is 0 Å². The average molecular weight is 420 g/mol. The van der Waals surface area contributed by atoms with Crippen molar-refractivity contribution in [3.8, 4) is 16.9 Å². The van der Waals surface area contributed by atoms with Crippen LogP contribution in [-0.2, 0) is 11.1 Å². The molecule has 5 nitrogen and oxygen atoms in total. The number of unbranched alkanes of at least 4 members (excludes halogenated alkanes) is 3. The Morgan fingerprint density at radius 2 is 1.69 bits per heavy atom. The van der Waals surface area contributed by atoms with Crippen LogP contribution in [0.15, 0.2) is 42.5 Å². The molecule has 0 atom stereocenters. The van der Waals surface area contributed by atoms with E-state index in [1.165, 1.54) is 24.8 Å². The highest BCUT2D eigenvalue weighted by Crippen LogP contribution is 2.34. The van der Waals surface area contributed by atoms with Gasteiger partial charge in [-0.25, -0.2) is 0 Å². The first kappa shape index (κ1) is 23.6. The molecular formula is C23H34NO4P. The molecule has 0 aliphatic heterocycles. The number of ether oxygens (including phenoxy) is 1. The van der Waals surface area contributed by atoms with Crippen molar-refractivity contribution < 1.29 is 19.1 Å². The van der Waals surface area contributed by atoms with Crippen molar-refractivity contribution in [2.45, 2.75) is 52.5 Å². The van der Waals surface area contributed by atoms with Crippen molar-refractivity contribution in [2.75, 3.05) is 19.3 Å². The third-order valence-corrected chi connectivity index (χ3v) is 5.75. The van der Waals surface area contributed by atoms with Gasteiger partial charge < -0.3 is 19.8 Å². The van der Waals surface area contributed by atoms with Crippen molar-refractivity contribution in [2.24, 2.45) is 0 Å². The first-order valence-corrected chi connectivity index (χ1v) is 12.3. The molecule has 3 N–H and O–H groups in total. The third-order valence-electron chi connectivity index (χ3n) is 4.85. The molecule has 0 aliphatic carbocycles. The highest BCUT2D eigenvalue weighted by atomic mass is 31.2. The summed E-state index contributed by atoms with van der Waals surface area (Å²) in [4.78, 5) is 17.7. The van der Waals surface area contributed by atoms with E-state index in [0.29, 0.717) is 19.5 Å². The van der Waals surface area contributed by atoms with Gasteiger partial charge in [0.1, 0.15) is 5.75 Å². The van der Waals surface area contributed by atoms with E-state index in [1.807, 2.05) is 0 Å². The molecule has 29 heavy (non-hydrogen) atoms. The average Bonchev–Trinajstić information content (AvgIpc) is 2.68. The summed E-state index contributed by atoms with van der Waals surface area (Å²) in [6, 6.07) is 14.7. The zero-order valence-corrected chi connectivity index (χ0v) is 18.5. The van der Waals surface area contributed by atoms with Crippen LogP contribution in [0.25, 0.3) is 11.1 Å². The predicted molar refractivity (Wildman–Crippen MR) is 119 cm³/mol. The van der Waals surface area contributed by atoms with Crippen LogP contribution in [0.5, 0.6) is 5.75 Å². The molecule has 0 saturated carbocycles. The van der Waals surface area contributed by atoms with Crippen LogP contribution in [0.3, 0.4) is 0 Å². The lowest BCUT2D eigenvalue weighted by Crippen LogP contribution is -2.15. The SMILES string of the molecule is CCCCCCOc1ccc(-c2ccc(CNCCCP(=O)(O)O)cc2)cc1C. The fourth-order valence-corrected chi connectivity index (χ4v) is 3.73. The Hall–Kier alpha value is -1.65. The molecule has 0 unspecified atom stereocenters. The van der Waals surface area contributed by atoms with Gasteiger partial charge in [0.05, 0.1) is 12.8 Å². The third kappa shape index (κ3) is 9.14. The second-order valence-electron chi connectivity index (χ2n) is 7.50. The van der Waals surface area contributed by atoms with Crippen LogP contribution >= 0.6 is 7.60 Å². The monoisotopic (exact) mass is 419 g/mol. The number of nitrogens with one attached hydrogen (secondary N) is 1. The fraction of sp³-hybridized carbons (Fsp3) is 0.478. The van der Waals surface area contributed by atoms with E-state index in [4.69, 9.17) is 14.5 Å². The summed E-state index contributed by atoms with van der Waals surface area (Å²) in [5.74, 6) is 0.960. The zero-order chi connectivity index (χ0) is 21.1. The summed E-state index contributed by atoms with van der Waals surface area (Å²) in [6.45, 7) is 6.34. The number of hydrogen-bond donors (Lipinski definition) is 3. The van der Waals surface area contributed by atoms with Crippen molar-refractivity contribution in [1.29, 1.82) is 0 Å². The van der Waals surface area contributed by atoms with Crippen molar-refractivity contribution in [3.05, 3.63) is 53.6 Å². The minimum Gasteiger partial charge on any atom is -0.493 e. The Balaban J connectivity index is 1.82. The molecule has 2 aromatic carbocycles. The van der Waals surface area contributed by atoms with Gasteiger partial charge >= 0.3 is 7.60 Å². The summed E-state index contributed by atoms with van der Waals surface area (Å²) in [6.07, 6.45) is 5.22. The van der Waals surface area contributed by atoms with Crippen LogP contribution in [0.2, 0.25) is 0 Å². The maximum Gasteiger partial charge on any atom is 0.325 e. The second-order valence-corrected chi connectivity index (χ2v) is 9.28. The Morgan fingerprint density at radius 1 is 0.966 bits per heavy atom. The van der Waals surface area contributed by atoms with Crippen LogP contribution in [0, 0.1) is 6.92 Å². The van der Waals surface area contributed by atoms with Gasteiger partial charge in [0.25, 0.3) is 0 Å². The fourth-order valence-electron chi connectivity index (χ4n) is 3.16. The van der Waals surface area contributed by atoms with Gasteiger partial charge in [-0.15, -0.1) is 0 Å².